The van der Waals surface area contributed by atoms with Crippen LogP contribution in [0.1, 0.15) is 5.56 Å². The molecule has 0 atom stereocenters. The third-order valence-corrected chi connectivity index (χ3v) is 2.58. The first kappa shape index (κ1) is 9.98. The van der Waals surface area contributed by atoms with Gasteiger partial charge in [0.25, 0.3) is 0 Å². The van der Waals surface area contributed by atoms with Gasteiger partial charge in [-0.05, 0) is 30.3 Å². The number of hydrogen-bond donors (Lipinski definition) is 1. The molecule has 2 rings (SSSR count). The van der Waals surface area contributed by atoms with Gasteiger partial charge in [0.1, 0.15) is 0 Å². The van der Waals surface area contributed by atoms with Crippen LogP contribution in [-0.2, 0) is 0 Å². The van der Waals surface area contributed by atoms with Crippen molar-refractivity contribution in [2.75, 3.05) is 0 Å². The van der Waals surface area contributed by atoms with Gasteiger partial charge in [-0.25, -0.2) is 0 Å². The fraction of sp³-hybridized carbons (Fsp3) is 0. The summed E-state index contributed by atoms with van der Waals surface area (Å²) in [5.74, 6) is 0. The lowest BCUT2D eigenvalue weighted by Gasteiger charge is -2.01. The topological polar surface area (TPSA) is 37.5 Å². The molecule has 0 saturated heterocycles. The Hall–Kier alpha value is -1.55. The largest absolute Gasteiger partial charge is 0.411 e. The van der Waals surface area contributed by atoms with E-state index < -0.39 is 0 Å². The summed E-state index contributed by atoms with van der Waals surface area (Å²) in [6, 6.07) is 9.85. The van der Waals surface area contributed by atoms with Crippen LogP contribution >= 0.6 is 15.9 Å². The minimum absolute atomic E-state index is 0.861. The maximum absolute atomic E-state index is 8.39. The molecule has 0 fully saturated rings. The van der Waals surface area contributed by atoms with E-state index in [9.17, 15) is 0 Å². The van der Waals surface area contributed by atoms with Crippen LogP contribution in [0.2, 0.25) is 0 Å². The van der Waals surface area contributed by atoms with Gasteiger partial charge in [0.2, 0.25) is 0 Å². The molecule has 3 nitrogen and oxygen atoms in total. The van der Waals surface area contributed by atoms with Crippen molar-refractivity contribution < 1.29 is 5.21 Å². The molecule has 2 aromatic rings. The average molecular weight is 265 g/mol. The van der Waals surface area contributed by atoms with Crippen molar-refractivity contribution in [3.8, 4) is 5.69 Å². The van der Waals surface area contributed by atoms with Crippen LogP contribution in [0.25, 0.3) is 5.69 Å². The molecule has 1 aromatic carbocycles. The van der Waals surface area contributed by atoms with Gasteiger partial charge >= 0.3 is 0 Å². The van der Waals surface area contributed by atoms with E-state index in [0.717, 1.165) is 15.7 Å². The highest BCUT2D eigenvalue weighted by Crippen LogP contribution is 2.14. The van der Waals surface area contributed by atoms with Gasteiger partial charge in [0.15, 0.2) is 0 Å². The van der Waals surface area contributed by atoms with Crippen LogP contribution in [-0.4, -0.2) is 16.0 Å². The minimum Gasteiger partial charge on any atom is -0.411 e. The highest BCUT2D eigenvalue weighted by atomic mass is 79.9. The highest BCUT2D eigenvalue weighted by Gasteiger charge is 1.97. The lowest BCUT2D eigenvalue weighted by Crippen LogP contribution is -1.88. The zero-order valence-electron chi connectivity index (χ0n) is 7.84. The molecule has 0 amide bonds. The summed E-state index contributed by atoms with van der Waals surface area (Å²) in [7, 11) is 0. The number of halogens is 1. The van der Waals surface area contributed by atoms with Crippen molar-refractivity contribution in [3.63, 3.8) is 0 Å². The van der Waals surface area contributed by atoms with E-state index in [0.29, 0.717) is 0 Å². The molecule has 1 aromatic heterocycles. The SMILES string of the molecule is ON=Cc1ccn(-c2ccc(Br)cc2)c1. The monoisotopic (exact) mass is 264 g/mol. The second-order valence-electron chi connectivity index (χ2n) is 3.07. The third kappa shape index (κ3) is 2.27. The number of hydrogen-bond acceptors (Lipinski definition) is 2. The van der Waals surface area contributed by atoms with E-state index in [-0.39, 0.29) is 0 Å². The van der Waals surface area contributed by atoms with Crippen LogP contribution in [0.4, 0.5) is 0 Å². The Morgan fingerprint density at radius 3 is 2.60 bits per heavy atom. The van der Waals surface area contributed by atoms with Crippen LogP contribution in [0.3, 0.4) is 0 Å². The predicted molar refractivity (Wildman–Crippen MR) is 62.8 cm³/mol. The lowest BCUT2D eigenvalue weighted by molar-refractivity contribution is 0.322. The second kappa shape index (κ2) is 4.31. The summed E-state index contributed by atoms with van der Waals surface area (Å²) in [4.78, 5) is 0. The Kier molecular flexibility index (Phi) is 2.87. The molecule has 1 heterocycles. The maximum Gasteiger partial charge on any atom is 0.0749 e. The number of nitrogens with zero attached hydrogens (tertiary/aromatic N) is 2. The van der Waals surface area contributed by atoms with Crippen molar-refractivity contribution in [1.29, 1.82) is 0 Å². The van der Waals surface area contributed by atoms with E-state index in [1.807, 2.05) is 47.3 Å². The summed E-state index contributed by atoms with van der Waals surface area (Å²) < 4.78 is 3.01. The molecule has 0 unspecified atom stereocenters. The maximum atomic E-state index is 8.39. The average Bonchev–Trinajstić information content (AvgIpc) is 2.68. The Labute approximate surface area is 95.8 Å². The Balaban J connectivity index is 2.33. The molecule has 0 bridgehead atoms. The lowest BCUT2D eigenvalue weighted by atomic mass is 10.3. The van der Waals surface area contributed by atoms with Gasteiger partial charge in [-0.2, -0.15) is 0 Å². The van der Waals surface area contributed by atoms with Crippen LogP contribution in [0.15, 0.2) is 52.4 Å². The standard InChI is InChI=1S/C11H9BrN2O/c12-10-1-3-11(4-2-10)14-6-5-9(8-14)7-13-15/h1-8,15H. The van der Waals surface area contributed by atoms with E-state index in [1.165, 1.54) is 6.21 Å². The summed E-state index contributed by atoms with van der Waals surface area (Å²) in [6.07, 6.45) is 5.21. The van der Waals surface area contributed by atoms with Crippen molar-refractivity contribution >= 4 is 22.1 Å². The number of rotatable bonds is 2. The smallest absolute Gasteiger partial charge is 0.0749 e. The molecular weight excluding hydrogens is 256 g/mol. The van der Waals surface area contributed by atoms with E-state index in [4.69, 9.17) is 5.21 Å². The molecule has 4 heteroatoms. The van der Waals surface area contributed by atoms with E-state index in [1.54, 1.807) is 0 Å². The Morgan fingerprint density at radius 2 is 1.93 bits per heavy atom. The number of aromatic nitrogens is 1. The molecule has 0 aliphatic rings. The van der Waals surface area contributed by atoms with Crippen LogP contribution in [0.5, 0.6) is 0 Å². The zero-order chi connectivity index (χ0) is 10.7. The summed E-state index contributed by atoms with van der Waals surface area (Å²) in [6.45, 7) is 0. The van der Waals surface area contributed by atoms with Crippen LogP contribution < -0.4 is 0 Å². The van der Waals surface area contributed by atoms with Gasteiger partial charge in [0, 0.05) is 28.1 Å². The number of benzene rings is 1. The first-order chi connectivity index (χ1) is 7.29. The molecule has 15 heavy (non-hydrogen) atoms. The number of oxime groups is 1. The first-order valence-corrected chi connectivity index (χ1v) is 5.20. The van der Waals surface area contributed by atoms with Gasteiger partial charge in [-0.1, -0.05) is 21.1 Å². The summed E-state index contributed by atoms with van der Waals surface area (Å²) in [5, 5.41) is 11.4. The van der Waals surface area contributed by atoms with Crippen molar-refractivity contribution in [2.45, 2.75) is 0 Å². The zero-order valence-corrected chi connectivity index (χ0v) is 9.42. The molecule has 1 N–H and O–H groups in total. The molecule has 0 radical (unpaired) electrons. The Bertz CT molecular complexity index is 474. The fourth-order valence-electron chi connectivity index (χ4n) is 1.33. The second-order valence-corrected chi connectivity index (χ2v) is 3.99. The van der Waals surface area contributed by atoms with Crippen molar-refractivity contribution in [3.05, 3.63) is 52.8 Å². The van der Waals surface area contributed by atoms with Crippen LogP contribution in [0, 0.1) is 0 Å². The quantitative estimate of drug-likeness (QED) is 0.505. The minimum atomic E-state index is 0.861. The molecule has 0 saturated carbocycles. The van der Waals surface area contributed by atoms with Gasteiger partial charge in [-0.15, -0.1) is 0 Å². The van der Waals surface area contributed by atoms with E-state index in [2.05, 4.69) is 21.1 Å². The molecule has 0 spiro atoms. The molecular formula is C11H9BrN2O. The first-order valence-electron chi connectivity index (χ1n) is 4.41. The van der Waals surface area contributed by atoms with Gasteiger partial charge in [0.05, 0.1) is 6.21 Å². The van der Waals surface area contributed by atoms with Gasteiger partial charge in [-0.3, -0.25) is 0 Å². The predicted octanol–water partition coefficient (Wildman–Crippen LogP) is 3.05. The van der Waals surface area contributed by atoms with E-state index >= 15 is 0 Å². The third-order valence-electron chi connectivity index (χ3n) is 2.05. The van der Waals surface area contributed by atoms with Crippen molar-refractivity contribution in [1.82, 2.24) is 4.57 Å². The summed E-state index contributed by atoms with van der Waals surface area (Å²) in [5.41, 5.74) is 1.93. The molecule has 76 valence electrons. The Morgan fingerprint density at radius 1 is 1.20 bits per heavy atom. The fourth-order valence-corrected chi connectivity index (χ4v) is 1.59. The van der Waals surface area contributed by atoms with Crippen molar-refractivity contribution in [2.24, 2.45) is 5.16 Å². The summed E-state index contributed by atoms with van der Waals surface area (Å²) >= 11 is 3.38. The molecule has 0 aliphatic carbocycles. The normalized spacial score (nSPS) is 11.0. The van der Waals surface area contributed by atoms with Gasteiger partial charge < -0.3 is 9.77 Å². The molecule has 0 aliphatic heterocycles. The highest BCUT2D eigenvalue weighted by molar-refractivity contribution is 9.10.